The molecule has 8 heteroatoms. The SMILES string of the molecule is C[Si](C)(C)C(=O)[NH][InH][NH]C(=O)[Si](C)(C)C.[C-]1=CC=CC1.[C-]1=CC=CC1.[Zr+2]. The Balaban J connectivity index is 0. The molecule has 2 aliphatic carbocycles. The van der Waals surface area contributed by atoms with Crippen LogP contribution in [-0.2, 0) is 26.2 Å². The molecule has 0 unspecified atom stereocenters. The molecule has 0 aliphatic heterocycles. The maximum absolute atomic E-state index is 11.6. The standard InChI is InChI=1S/2C5H5.2C4H11NOSi.In.Zr.H/c2*1-2-4-5-3-1;2*1-7(2,3)4(5)6;;;/h2*1-3H,4H2;2*1-3H3,(H2,5,6);;;/q2*-1;;;2*+2;/p-2. The van der Waals surface area contributed by atoms with E-state index in [1.807, 2.05) is 63.6 Å². The van der Waals surface area contributed by atoms with Gasteiger partial charge in [0.15, 0.2) is 0 Å². The van der Waals surface area contributed by atoms with Crippen LogP contribution in [0.1, 0.15) is 12.8 Å². The van der Waals surface area contributed by atoms with E-state index in [0.29, 0.717) is 0 Å². The van der Waals surface area contributed by atoms with Crippen molar-refractivity contribution in [2.75, 3.05) is 0 Å². The van der Waals surface area contributed by atoms with E-state index < -0.39 is 39.6 Å². The quantitative estimate of drug-likeness (QED) is 0.396. The second-order valence-electron chi connectivity index (χ2n) is 7.69. The average Bonchev–Trinajstić information content (AvgIpc) is 3.23. The fourth-order valence-corrected chi connectivity index (χ4v) is 13.9. The maximum Gasteiger partial charge on any atom is 2.00 e. The zero-order chi connectivity index (χ0) is 19.3. The van der Waals surface area contributed by atoms with E-state index in [9.17, 15) is 9.59 Å². The Labute approximate surface area is 192 Å². The van der Waals surface area contributed by atoms with Gasteiger partial charge < -0.3 is 0 Å². The van der Waals surface area contributed by atoms with Crippen LogP contribution in [0, 0.1) is 12.2 Å². The van der Waals surface area contributed by atoms with E-state index >= 15 is 0 Å². The van der Waals surface area contributed by atoms with Gasteiger partial charge in [0, 0.05) is 0 Å². The number of rotatable bonds is 4. The Bertz CT molecular complexity index is 480. The summed E-state index contributed by atoms with van der Waals surface area (Å²) in [6.07, 6.45) is 20.0. The fraction of sp³-hybridized carbons (Fsp3) is 0.444. The molecule has 0 aromatic rings. The van der Waals surface area contributed by atoms with Crippen molar-refractivity contribution in [2.24, 2.45) is 0 Å². The minimum absolute atomic E-state index is 0. The summed E-state index contributed by atoms with van der Waals surface area (Å²) >= 11 is -1.60. The van der Waals surface area contributed by atoms with E-state index in [2.05, 4.69) is 30.9 Å². The van der Waals surface area contributed by atoms with Crippen LogP contribution in [0.5, 0.6) is 0 Å². The second kappa shape index (κ2) is 15.1. The minimum Gasteiger partial charge on any atom is -0.273 e. The van der Waals surface area contributed by atoms with Gasteiger partial charge in [-0.15, -0.1) is 12.8 Å². The molecule has 2 amide bonds. The molecule has 2 aliphatic rings. The van der Waals surface area contributed by atoms with Crippen LogP contribution in [0.15, 0.2) is 36.5 Å². The first-order valence-electron chi connectivity index (χ1n) is 8.55. The summed E-state index contributed by atoms with van der Waals surface area (Å²) in [6.45, 7) is 12.1. The van der Waals surface area contributed by atoms with Gasteiger partial charge in [0.1, 0.15) is 0 Å². The smallest absolute Gasteiger partial charge is 0.273 e. The van der Waals surface area contributed by atoms with Crippen molar-refractivity contribution in [3.63, 3.8) is 0 Å². The summed E-state index contributed by atoms with van der Waals surface area (Å²) < 4.78 is 5.90. The van der Waals surface area contributed by atoms with Gasteiger partial charge >= 0.3 is 132 Å². The van der Waals surface area contributed by atoms with Gasteiger partial charge in [-0.1, -0.05) is 0 Å². The van der Waals surface area contributed by atoms with Crippen molar-refractivity contribution in [2.45, 2.75) is 52.1 Å². The zero-order valence-electron chi connectivity index (χ0n) is 16.9. The summed E-state index contributed by atoms with van der Waals surface area (Å²) in [4.78, 5) is 23.1. The molecule has 0 heterocycles. The van der Waals surface area contributed by atoms with E-state index in [1.54, 1.807) is 0 Å². The first-order valence-corrected chi connectivity index (χ1v) is 19.6. The van der Waals surface area contributed by atoms with Crippen LogP contribution in [0.25, 0.3) is 0 Å². The van der Waals surface area contributed by atoms with Crippen LogP contribution in [-0.4, -0.2) is 50.7 Å². The van der Waals surface area contributed by atoms with Crippen LogP contribution in [0.2, 0.25) is 39.3 Å². The first-order chi connectivity index (χ1) is 11.5. The van der Waals surface area contributed by atoms with Gasteiger partial charge in [-0.25, -0.2) is 24.3 Å². The zero-order valence-corrected chi connectivity index (χ0v) is 25.4. The summed E-state index contributed by atoms with van der Waals surface area (Å²) in [5, 5.41) is 0. The molecule has 2 rings (SSSR count). The fourth-order valence-electron chi connectivity index (χ4n) is 1.42. The summed E-state index contributed by atoms with van der Waals surface area (Å²) in [6, 6.07) is 0. The van der Waals surface area contributed by atoms with Crippen LogP contribution in [0.4, 0.5) is 9.59 Å². The van der Waals surface area contributed by atoms with Gasteiger partial charge in [-0.05, 0) is 0 Å². The van der Waals surface area contributed by atoms with Gasteiger partial charge in [0.25, 0.3) is 0 Å². The third kappa shape index (κ3) is 16.3. The molecule has 140 valence electrons. The largest absolute Gasteiger partial charge is 2.00 e. The Morgan fingerprint density at radius 2 is 1.15 bits per heavy atom. The number of allylic oxidation sites excluding steroid dienone is 8. The molecule has 0 atom stereocenters. The molecule has 0 saturated heterocycles. The third-order valence-corrected chi connectivity index (χ3v) is 11.0. The van der Waals surface area contributed by atoms with Crippen molar-refractivity contribution in [1.82, 2.24) is 6.61 Å². The molecule has 0 saturated carbocycles. The summed E-state index contributed by atoms with van der Waals surface area (Å²) in [7, 11) is -3.43. The Hall–Kier alpha value is 0.0870. The van der Waals surface area contributed by atoms with Gasteiger partial charge in [0.2, 0.25) is 0 Å². The monoisotopic (exact) mass is 568 g/mol. The van der Waals surface area contributed by atoms with Crippen molar-refractivity contribution in [3.8, 4) is 0 Å². The number of carbonyl (C=O) groups excluding carboxylic acids is 2. The molecular formula is C18H31InN2O2Si2Zr. The van der Waals surface area contributed by atoms with Crippen LogP contribution in [0.3, 0.4) is 0 Å². The molecule has 0 aromatic carbocycles. The molecule has 0 fully saturated rings. The maximum atomic E-state index is 11.6. The minimum atomic E-state index is -1.72. The van der Waals surface area contributed by atoms with Gasteiger partial charge in [0.05, 0.1) is 0 Å². The predicted octanol–water partition coefficient (Wildman–Crippen LogP) is 4.12. The number of hydrogen-bond acceptors (Lipinski definition) is 2. The Morgan fingerprint density at radius 1 is 0.808 bits per heavy atom. The first kappa shape index (κ1) is 28.3. The summed E-state index contributed by atoms with van der Waals surface area (Å²) in [5.74, 6) is 0. The number of amides is 2. The Kier molecular flexibility index (Phi) is 16.4. The van der Waals surface area contributed by atoms with Crippen LogP contribution < -0.4 is 6.61 Å². The third-order valence-electron chi connectivity index (χ3n) is 3.03. The molecule has 2 N–H and O–H groups in total. The number of carbonyl (C=O) groups is 2. The topological polar surface area (TPSA) is 58.2 Å². The van der Waals surface area contributed by atoms with Gasteiger partial charge in [-0.3, -0.25) is 12.2 Å². The van der Waals surface area contributed by atoms with E-state index in [-0.39, 0.29) is 37.3 Å². The Morgan fingerprint density at radius 3 is 1.31 bits per heavy atom. The van der Waals surface area contributed by atoms with Crippen molar-refractivity contribution in [3.05, 3.63) is 48.6 Å². The molecular weight excluding hydrogens is 538 g/mol. The number of nitrogens with one attached hydrogen (secondary N) is 2. The normalized spacial score (nSPS) is 13.6. The van der Waals surface area contributed by atoms with E-state index in [4.69, 9.17) is 0 Å². The number of hydrogen-bond donors (Lipinski definition) is 2. The molecule has 26 heavy (non-hydrogen) atoms. The van der Waals surface area contributed by atoms with Gasteiger partial charge in [-0.2, -0.15) is 12.2 Å². The molecule has 0 aromatic heterocycles. The van der Waals surface area contributed by atoms with E-state index in [1.165, 1.54) is 0 Å². The predicted molar refractivity (Wildman–Crippen MR) is 114 cm³/mol. The second-order valence-corrected chi connectivity index (χ2v) is 20.6. The molecule has 0 spiro atoms. The van der Waals surface area contributed by atoms with E-state index in [0.717, 1.165) is 12.8 Å². The van der Waals surface area contributed by atoms with Crippen molar-refractivity contribution < 1.29 is 35.8 Å². The molecule has 4 nitrogen and oxygen atoms in total. The summed E-state index contributed by atoms with van der Waals surface area (Å²) in [5.41, 5.74) is 0.350. The molecule has 0 bridgehead atoms. The molecule has 0 radical (unpaired) electrons. The van der Waals surface area contributed by atoms with Crippen molar-refractivity contribution >= 4 is 50.7 Å². The van der Waals surface area contributed by atoms with Crippen molar-refractivity contribution in [1.29, 1.82) is 0 Å². The average molecular weight is 570 g/mol. The van der Waals surface area contributed by atoms with Crippen LogP contribution >= 0.6 is 0 Å².